The maximum atomic E-state index is 12.8. The van der Waals surface area contributed by atoms with Crippen LogP contribution in [0.2, 0.25) is 0 Å². The summed E-state index contributed by atoms with van der Waals surface area (Å²) < 4.78 is 30.9. The second-order valence-electron chi connectivity index (χ2n) is 9.09. The van der Waals surface area contributed by atoms with Gasteiger partial charge in [0.15, 0.2) is 0 Å². The van der Waals surface area contributed by atoms with Gasteiger partial charge in [0.1, 0.15) is 23.1 Å². The monoisotopic (exact) mass is 412 g/mol. The van der Waals surface area contributed by atoms with Gasteiger partial charge in [-0.05, 0) is 70.5 Å². The first kappa shape index (κ1) is 25.4. The van der Waals surface area contributed by atoms with Crippen LogP contribution in [0, 0.1) is 11.6 Å². The van der Waals surface area contributed by atoms with Crippen molar-refractivity contribution in [1.29, 1.82) is 0 Å². The number of rotatable bonds is 2. The van der Waals surface area contributed by atoms with E-state index in [1.807, 2.05) is 24.3 Å². The van der Waals surface area contributed by atoms with Gasteiger partial charge in [-0.25, -0.2) is 8.78 Å². The van der Waals surface area contributed by atoms with Crippen LogP contribution in [0.25, 0.3) is 0 Å². The Hall–Kier alpha value is -2.68. The van der Waals surface area contributed by atoms with Crippen LogP contribution in [0.3, 0.4) is 0 Å². The third-order valence-electron chi connectivity index (χ3n) is 4.48. The molecule has 1 nitrogen and oxygen atoms in total. The topological polar surface area (TPSA) is 9.23 Å². The Bertz CT molecular complexity index is 882. The quantitative estimate of drug-likeness (QED) is 0.409. The number of ether oxygens (including phenoxy) is 1. The third-order valence-corrected chi connectivity index (χ3v) is 4.48. The molecule has 0 heterocycles. The summed E-state index contributed by atoms with van der Waals surface area (Å²) in [5, 5.41) is 0. The summed E-state index contributed by atoms with van der Waals surface area (Å²) in [6.07, 6.45) is 0. The molecule has 162 valence electrons. The van der Waals surface area contributed by atoms with Gasteiger partial charge < -0.3 is 4.74 Å². The van der Waals surface area contributed by atoms with Crippen LogP contribution < -0.4 is 4.74 Å². The smallest absolute Gasteiger partial charge is 0.127 e. The molecule has 0 fully saturated rings. The molecule has 0 bridgehead atoms. The molecule has 0 aromatic heterocycles. The minimum absolute atomic E-state index is 0. The number of hydrogen-bond acceptors (Lipinski definition) is 1. The van der Waals surface area contributed by atoms with Crippen LogP contribution >= 0.6 is 0 Å². The van der Waals surface area contributed by atoms with Gasteiger partial charge in [0.25, 0.3) is 0 Å². The summed E-state index contributed by atoms with van der Waals surface area (Å²) in [6.45, 7) is 12.8. The van der Waals surface area contributed by atoms with E-state index in [-0.39, 0.29) is 29.9 Å². The van der Waals surface area contributed by atoms with Crippen LogP contribution in [-0.2, 0) is 10.8 Å². The Morgan fingerprint density at radius 3 is 1.10 bits per heavy atom. The van der Waals surface area contributed by atoms with E-state index in [1.54, 1.807) is 12.1 Å². The third kappa shape index (κ3) is 7.98. The molecule has 0 aliphatic rings. The fraction of sp³-hybridized carbons (Fsp3) is 0.333. The second-order valence-corrected chi connectivity index (χ2v) is 9.09. The Balaban J connectivity index is 0.000000324. The Morgan fingerprint density at radius 2 is 0.767 bits per heavy atom. The first-order chi connectivity index (χ1) is 13.4. The maximum absolute atomic E-state index is 12.8. The fourth-order valence-corrected chi connectivity index (χ4v) is 2.61. The molecule has 0 amide bonds. The molecular weight excluding hydrogens is 378 g/mol. The number of benzene rings is 3. The van der Waals surface area contributed by atoms with E-state index in [4.69, 9.17) is 4.74 Å². The average molecular weight is 413 g/mol. The molecule has 3 heteroatoms. The largest absolute Gasteiger partial charge is 0.457 e. The fourth-order valence-electron chi connectivity index (χ4n) is 2.61. The molecule has 3 aromatic rings. The molecular formula is C27H34F2O. The van der Waals surface area contributed by atoms with E-state index in [2.05, 4.69) is 53.7 Å². The predicted molar refractivity (Wildman–Crippen MR) is 123 cm³/mol. The summed E-state index contributed by atoms with van der Waals surface area (Å²) >= 11 is 0. The highest BCUT2D eigenvalue weighted by molar-refractivity contribution is 5.35. The molecule has 3 aromatic carbocycles. The van der Waals surface area contributed by atoms with E-state index in [0.29, 0.717) is 5.75 Å². The zero-order valence-corrected chi connectivity index (χ0v) is 18.1. The minimum atomic E-state index is -0.259. The Morgan fingerprint density at radius 1 is 0.500 bits per heavy atom. The van der Waals surface area contributed by atoms with Crippen LogP contribution in [0.5, 0.6) is 11.5 Å². The standard InChI is InChI=1S/C16H17FO.C10H13F.CH4/c1-16(2,3)12-4-8-14(9-5-12)18-15-10-6-13(17)7-11-15;1-10(2,3)8-4-6-9(11)7-5-8;/h4-11H,1-3H3;4-7H,1-3H3;1H4. The molecule has 0 aliphatic heterocycles. The maximum Gasteiger partial charge on any atom is 0.127 e. The molecule has 0 N–H and O–H groups in total. The molecule has 0 radical (unpaired) electrons. The number of halogens is 2. The first-order valence-electron chi connectivity index (χ1n) is 9.75. The molecule has 0 atom stereocenters. The van der Waals surface area contributed by atoms with Gasteiger partial charge in [0.05, 0.1) is 0 Å². The Kier molecular flexibility index (Phi) is 8.77. The van der Waals surface area contributed by atoms with E-state index in [0.717, 1.165) is 5.75 Å². The molecule has 0 saturated heterocycles. The van der Waals surface area contributed by atoms with E-state index in [1.165, 1.54) is 35.4 Å². The highest BCUT2D eigenvalue weighted by Gasteiger charge is 2.13. The van der Waals surface area contributed by atoms with Crippen molar-refractivity contribution in [1.82, 2.24) is 0 Å². The van der Waals surface area contributed by atoms with E-state index in [9.17, 15) is 8.78 Å². The highest BCUT2D eigenvalue weighted by Crippen LogP contribution is 2.27. The zero-order valence-electron chi connectivity index (χ0n) is 18.1. The molecule has 3 rings (SSSR count). The van der Waals surface area contributed by atoms with Crippen LogP contribution in [0.4, 0.5) is 8.78 Å². The van der Waals surface area contributed by atoms with E-state index >= 15 is 0 Å². The van der Waals surface area contributed by atoms with Crippen molar-refractivity contribution in [2.24, 2.45) is 0 Å². The van der Waals surface area contributed by atoms with Gasteiger partial charge in [-0.1, -0.05) is 73.2 Å². The van der Waals surface area contributed by atoms with Crippen molar-refractivity contribution >= 4 is 0 Å². The lowest BCUT2D eigenvalue weighted by Gasteiger charge is -2.19. The average Bonchev–Trinajstić information content (AvgIpc) is 2.63. The molecule has 0 aliphatic carbocycles. The van der Waals surface area contributed by atoms with Crippen molar-refractivity contribution in [3.05, 3.63) is 95.6 Å². The summed E-state index contributed by atoms with van der Waals surface area (Å²) in [7, 11) is 0. The lowest BCUT2D eigenvalue weighted by molar-refractivity contribution is 0.479. The van der Waals surface area contributed by atoms with Crippen molar-refractivity contribution in [3.8, 4) is 11.5 Å². The van der Waals surface area contributed by atoms with E-state index < -0.39 is 0 Å². The van der Waals surface area contributed by atoms with Crippen LogP contribution in [-0.4, -0.2) is 0 Å². The van der Waals surface area contributed by atoms with Crippen molar-refractivity contribution in [2.45, 2.75) is 59.8 Å². The van der Waals surface area contributed by atoms with Gasteiger partial charge in [-0.15, -0.1) is 0 Å². The van der Waals surface area contributed by atoms with Crippen molar-refractivity contribution < 1.29 is 13.5 Å². The summed E-state index contributed by atoms with van der Waals surface area (Å²) in [5.74, 6) is 0.970. The van der Waals surface area contributed by atoms with Gasteiger partial charge in [0, 0.05) is 0 Å². The predicted octanol–water partition coefficient (Wildman–Crippen LogP) is 8.67. The Labute approximate surface area is 180 Å². The summed E-state index contributed by atoms with van der Waals surface area (Å²) in [4.78, 5) is 0. The van der Waals surface area contributed by atoms with Gasteiger partial charge in [-0.3, -0.25) is 0 Å². The molecule has 0 saturated carbocycles. The van der Waals surface area contributed by atoms with Crippen LogP contribution in [0.1, 0.15) is 60.1 Å². The lowest BCUT2D eigenvalue weighted by Crippen LogP contribution is -2.10. The normalized spacial score (nSPS) is 11.1. The second kappa shape index (κ2) is 10.4. The zero-order chi connectivity index (χ0) is 21.7. The van der Waals surface area contributed by atoms with Crippen molar-refractivity contribution in [3.63, 3.8) is 0 Å². The SMILES string of the molecule is C.CC(C)(C)c1ccc(F)cc1.CC(C)(C)c1ccc(Oc2ccc(F)cc2)cc1. The first-order valence-corrected chi connectivity index (χ1v) is 9.75. The summed E-state index contributed by atoms with van der Waals surface area (Å²) in [5.41, 5.74) is 2.68. The van der Waals surface area contributed by atoms with Gasteiger partial charge >= 0.3 is 0 Å². The molecule has 0 spiro atoms. The van der Waals surface area contributed by atoms with Gasteiger partial charge in [-0.2, -0.15) is 0 Å². The van der Waals surface area contributed by atoms with Crippen LogP contribution in [0.15, 0.2) is 72.8 Å². The highest BCUT2D eigenvalue weighted by atomic mass is 19.1. The lowest BCUT2D eigenvalue weighted by atomic mass is 9.87. The minimum Gasteiger partial charge on any atom is -0.457 e. The molecule has 0 unspecified atom stereocenters. The molecule has 30 heavy (non-hydrogen) atoms. The number of hydrogen-bond donors (Lipinski definition) is 0. The van der Waals surface area contributed by atoms with Crippen molar-refractivity contribution in [2.75, 3.05) is 0 Å². The summed E-state index contributed by atoms with van der Waals surface area (Å²) in [6, 6.07) is 20.6. The van der Waals surface area contributed by atoms with Gasteiger partial charge in [0.2, 0.25) is 0 Å².